The average molecular weight is 418 g/mol. The summed E-state index contributed by atoms with van der Waals surface area (Å²) in [5.74, 6) is -0.177. The summed E-state index contributed by atoms with van der Waals surface area (Å²) < 4.78 is 0. The Morgan fingerprint density at radius 1 is 1.17 bits per heavy atom. The van der Waals surface area contributed by atoms with Gasteiger partial charge in [0.1, 0.15) is 24.2 Å². The van der Waals surface area contributed by atoms with Crippen molar-refractivity contribution in [3.8, 4) is 6.07 Å². The van der Waals surface area contributed by atoms with Crippen LogP contribution in [0.2, 0.25) is 0 Å². The van der Waals surface area contributed by atoms with Crippen molar-refractivity contribution in [3.63, 3.8) is 0 Å². The van der Waals surface area contributed by atoms with Crippen LogP contribution < -0.4 is 15.1 Å². The smallest absolute Gasteiger partial charge is 0.256 e. The molecule has 0 aliphatic carbocycles. The van der Waals surface area contributed by atoms with Crippen LogP contribution in [0, 0.1) is 11.3 Å². The van der Waals surface area contributed by atoms with Gasteiger partial charge in [-0.2, -0.15) is 5.26 Å². The van der Waals surface area contributed by atoms with Crippen LogP contribution in [0.15, 0.2) is 54.6 Å². The van der Waals surface area contributed by atoms with Gasteiger partial charge in [-0.3, -0.25) is 4.79 Å². The number of hydrogen-bond donors (Lipinski definition) is 2. The summed E-state index contributed by atoms with van der Waals surface area (Å²) in [5, 5.41) is 13.4. The summed E-state index contributed by atoms with van der Waals surface area (Å²) in [5.41, 5.74) is 4.69. The molecule has 4 rings (SSSR count). The van der Waals surface area contributed by atoms with E-state index in [9.17, 15) is 10.1 Å². The van der Waals surface area contributed by atoms with Gasteiger partial charge in [0, 0.05) is 37.3 Å². The van der Waals surface area contributed by atoms with Crippen LogP contribution in [0.4, 0.5) is 10.7 Å². The second kappa shape index (κ2) is 8.70. The van der Waals surface area contributed by atoms with Crippen LogP contribution in [0.5, 0.6) is 0 Å². The fraction of sp³-hybridized carbons (Fsp3) is 0.250. The van der Waals surface area contributed by atoms with E-state index in [0.717, 1.165) is 37.3 Å². The summed E-state index contributed by atoms with van der Waals surface area (Å²) in [7, 11) is 3.93. The summed E-state index contributed by atoms with van der Waals surface area (Å²) in [6.07, 6.45) is 0.865. The van der Waals surface area contributed by atoms with Gasteiger partial charge in [-0.1, -0.05) is 30.3 Å². The van der Waals surface area contributed by atoms with Crippen molar-refractivity contribution in [2.75, 3.05) is 30.9 Å². The molecule has 2 N–H and O–H groups in total. The van der Waals surface area contributed by atoms with Crippen molar-refractivity contribution in [3.05, 3.63) is 81.7 Å². The number of quaternary nitrogens is 1. The van der Waals surface area contributed by atoms with E-state index in [-0.39, 0.29) is 5.91 Å². The number of hydrogen-bond acceptors (Lipinski definition) is 4. The van der Waals surface area contributed by atoms with Crippen molar-refractivity contribution in [1.29, 1.82) is 5.26 Å². The lowest BCUT2D eigenvalue weighted by Gasteiger charge is -2.23. The minimum absolute atomic E-state index is 0.177. The van der Waals surface area contributed by atoms with Gasteiger partial charge in [0.05, 0.1) is 17.0 Å². The fourth-order valence-corrected chi connectivity index (χ4v) is 5.13. The van der Waals surface area contributed by atoms with E-state index in [0.29, 0.717) is 16.1 Å². The number of fused-ring (bicyclic) bond motifs is 1. The van der Waals surface area contributed by atoms with Crippen LogP contribution >= 0.6 is 11.3 Å². The van der Waals surface area contributed by atoms with Crippen molar-refractivity contribution in [1.82, 2.24) is 0 Å². The first-order valence-electron chi connectivity index (χ1n) is 10.1. The monoisotopic (exact) mass is 417 g/mol. The van der Waals surface area contributed by atoms with Crippen LogP contribution in [-0.2, 0) is 19.5 Å². The molecular weight excluding hydrogens is 392 g/mol. The van der Waals surface area contributed by atoms with Crippen molar-refractivity contribution in [2.45, 2.75) is 19.5 Å². The predicted molar refractivity (Wildman–Crippen MR) is 121 cm³/mol. The molecule has 0 saturated carbocycles. The molecule has 1 aromatic heterocycles. The zero-order chi connectivity index (χ0) is 21.1. The Hall–Kier alpha value is -3.14. The summed E-state index contributed by atoms with van der Waals surface area (Å²) in [6, 6.07) is 20.3. The van der Waals surface area contributed by atoms with E-state index in [1.165, 1.54) is 15.3 Å². The fourth-order valence-electron chi connectivity index (χ4n) is 3.86. The third-order valence-corrected chi connectivity index (χ3v) is 6.66. The highest BCUT2D eigenvalue weighted by Crippen LogP contribution is 2.34. The SMILES string of the molecule is CN(C)c1ccc(C(=O)Nc2sc3c(c2C#N)CC[NH+](Cc2ccccc2)C3)cc1. The molecule has 6 heteroatoms. The highest BCUT2D eigenvalue weighted by Gasteiger charge is 2.27. The largest absolute Gasteiger partial charge is 0.378 e. The molecule has 1 aliphatic rings. The lowest BCUT2D eigenvalue weighted by molar-refractivity contribution is -0.929. The predicted octanol–water partition coefficient (Wildman–Crippen LogP) is 3.08. The number of thiophene rings is 1. The molecule has 2 aromatic carbocycles. The number of nitrogens with zero attached hydrogens (tertiary/aromatic N) is 2. The standard InChI is InChI=1S/C24H24N4OS/c1-27(2)19-10-8-18(9-11-19)23(29)26-24-21(14-25)20-12-13-28(16-22(20)30-24)15-17-6-4-3-5-7-17/h3-11H,12-13,15-16H2,1-2H3,(H,26,29)/p+1. The Morgan fingerprint density at radius 2 is 1.90 bits per heavy atom. The van der Waals surface area contributed by atoms with Gasteiger partial charge in [0.2, 0.25) is 0 Å². The maximum atomic E-state index is 12.7. The molecule has 30 heavy (non-hydrogen) atoms. The molecule has 5 nitrogen and oxygen atoms in total. The normalized spacial score (nSPS) is 15.2. The number of benzene rings is 2. The van der Waals surface area contributed by atoms with E-state index in [2.05, 4.69) is 35.7 Å². The lowest BCUT2D eigenvalue weighted by atomic mass is 10.0. The summed E-state index contributed by atoms with van der Waals surface area (Å²) in [4.78, 5) is 17.4. The minimum atomic E-state index is -0.177. The quantitative estimate of drug-likeness (QED) is 0.671. The second-order valence-corrected chi connectivity index (χ2v) is 8.91. The van der Waals surface area contributed by atoms with Crippen LogP contribution in [0.3, 0.4) is 0 Å². The molecule has 1 unspecified atom stereocenters. The van der Waals surface area contributed by atoms with Crippen molar-refractivity contribution >= 4 is 27.9 Å². The Kier molecular flexibility index (Phi) is 5.84. The number of nitriles is 1. The van der Waals surface area contributed by atoms with E-state index < -0.39 is 0 Å². The molecule has 0 bridgehead atoms. The molecule has 152 valence electrons. The third-order valence-electron chi connectivity index (χ3n) is 5.51. The summed E-state index contributed by atoms with van der Waals surface area (Å²) in [6.45, 7) is 2.85. The van der Waals surface area contributed by atoms with Crippen LogP contribution in [-0.4, -0.2) is 26.5 Å². The van der Waals surface area contributed by atoms with Gasteiger partial charge in [-0.05, 0) is 29.8 Å². The molecular formula is C24H25N4OS+. The third kappa shape index (κ3) is 4.23. The Bertz CT molecular complexity index is 1080. The molecule has 1 amide bonds. The number of carbonyl (C=O) groups is 1. The number of rotatable bonds is 5. The number of amides is 1. The van der Waals surface area contributed by atoms with Crippen molar-refractivity contribution in [2.24, 2.45) is 0 Å². The molecule has 1 atom stereocenters. The Labute approximate surface area is 181 Å². The molecule has 2 heterocycles. The first kappa shape index (κ1) is 20.1. The van der Waals surface area contributed by atoms with Gasteiger partial charge in [0.25, 0.3) is 5.91 Å². The van der Waals surface area contributed by atoms with Gasteiger partial charge < -0.3 is 15.1 Å². The lowest BCUT2D eigenvalue weighted by Crippen LogP contribution is -3.10. The highest BCUT2D eigenvalue weighted by atomic mass is 32.1. The minimum Gasteiger partial charge on any atom is -0.378 e. The van der Waals surface area contributed by atoms with E-state index in [1.54, 1.807) is 11.3 Å². The summed E-state index contributed by atoms with van der Waals surface area (Å²) >= 11 is 1.55. The molecule has 0 radical (unpaired) electrons. The first-order chi connectivity index (χ1) is 14.5. The Balaban J connectivity index is 1.50. The second-order valence-electron chi connectivity index (χ2n) is 7.80. The molecule has 0 fully saturated rings. The first-order valence-corrected chi connectivity index (χ1v) is 10.9. The average Bonchev–Trinajstić information content (AvgIpc) is 3.10. The van der Waals surface area contributed by atoms with Gasteiger partial charge in [-0.15, -0.1) is 11.3 Å². The topological polar surface area (TPSA) is 60.6 Å². The van der Waals surface area contributed by atoms with Crippen molar-refractivity contribution < 1.29 is 9.69 Å². The Morgan fingerprint density at radius 3 is 2.57 bits per heavy atom. The molecule has 3 aromatic rings. The molecule has 0 saturated heterocycles. The van der Waals surface area contributed by atoms with Gasteiger partial charge in [0.15, 0.2) is 0 Å². The molecule has 1 aliphatic heterocycles. The van der Waals surface area contributed by atoms with E-state index >= 15 is 0 Å². The number of nitrogens with one attached hydrogen (secondary N) is 2. The number of carbonyl (C=O) groups excluding carboxylic acids is 1. The zero-order valence-corrected chi connectivity index (χ0v) is 18.1. The molecule has 0 spiro atoms. The van der Waals surface area contributed by atoms with Crippen LogP contribution in [0.25, 0.3) is 0 Å². The van der Waals surface area contributed by atoms with E-state index in [4.69, 9.17) is 0 Å². The van der Waals surface area contributed by atoms with Gasteiger partial charge in [-0.25, -0.2) is 0 Å². The number of anilines is 2. The van der Waals surface area contributed by atoms with E-state index in [1.807, 2.05) is 49.3 Å². The zero-order valence-electron chi connectivity index (χ0n) is 17.2. The maximum absolute atomic E-state index is 12.7. The van der Waals surface area contributed by atoms with Crippen LogP contribution in [0.1, 0.15) is 31.9 Å². The van der Waals surface area contributed by atoms with Gasteiger partial charge >= 0.3 is 0 Å². The highest BCUT2D eigenvalue weighted by molar-refractivity contribution is 7.16. The maximum Gasteiger partial charge on any atom is 0.256 e.